The molecule has 1 aromatic rings. The van der Waals surface area contributed by atoms with Crippen molar-refractivity contribution in [2.24, 2.45) is 0 Å². The van der Waals surface area contributed by atoms with E-state index >= 15 is 0 Å². The monoisotopic (exact) mass is 244 g/mol. The van der Waals surface area contributed by atoms with E-state index in [2.05, 4.69) is 13.5 Å². The first-order chi connectivity index (χ1) is 8.77. The lowest BCUT2D eigenvalue weighted by atomic mass is 9.94. The van der Waals surface area contributed by atoms with Crippen molar-refractivity contribution < 1.29 is 9.53 Å². The lowest BCUT2D eigenvalue weighted by Gasteiger charge is -2.09. The van der Waals surface area contributed by atoms with Crippen LogP contribution in [0.3, 0.4) is 0 Å². The van der Waals surface area contributed by atoms with Gasteiger partial charge in [-0.2, -0.15) is 0 Å². The molecule has 2 nitrogen and oxygen atoms in total. The standard InChI is InChI=1S/C16H20O2/c1-3-5-6-7-8-12-9-10-14-15(13(12)4-2)11-18-16(14)17/h4,9-10H,2-3,5-8,11H2,1H3. The Labute approximate surface area is 109 Å². The Bertz CT molecular complexity index is 460. The Morgan fingerprint density at radius 2 is 2.17 bits per heavy atom. The number of carbonyl (C=O) groups is 1. The molecule has 2 rings (SSSR count). The molecular weight excluding hydrogens is 224 g/mol. The smallest absolute Gasteiger partial charge is 0.338 e. The number of hydrogen-bond donors (Lipinski definition) is 0. The summed E-state index contributed by atoms with van der Waals surface area (Å²) < 4.78 is 5.08. The molecule has 0 fully saturated rings. The van der Waals surface area contributed by atoms with Crippen molar-refractivity contribution >= 4 is 12.0 Å². The second-order valence-corrected chi connectivity index (χ2v) is 4.76. The number of hydrogen-bond acceptors (Lipinski definition) is 2. The SMILES string of the molecule is C=Cc1c(CCCCCC)ccc2c1COC2=O. The van der Waals surface area contributed by atoms with Crippen LogP contribution in [0.2, 0.25) is 0 Å². The topological polar surface area (TPSA) is 26.3 Å². The third-order valence-corrected chi connectivity index (χ3v) is 3.52. The predicted molar refractivity (Wildman–Crippen MR) is 73.5 cm³/mol. The van der Waals surface area contributed by atoms with Crippen LogP contribution in [0.15, 0.2) is 18.7 Å². The second kappa shape index (κ2) is 5.85. The third kappa shape index (κ3) is 2.47. The maximum absolute atomic E-state index is 11.5. The van der Waals surface area contributed by atoms with Gasteiger partial charge < -0.3 is 4.74 Å². The molecule has 0 atom stereocenters. The van der Waals surface area contributed by atoms with Crippen molar-refractivity contribution in [1.82, 2.24) is 0 Å². The van der Waals surface area contributed by atoms with Crippen LogP contribution in [-0.2, 0) is 17.8 Å². The fourth-order valence-electron chi connectivity index (χ4n) is 2.49. The van der Waals surface area contributed by atoms with E-state index in [0.29, 0.717) is 12.2 Å². The van der Waals surface area contributed by atoms with Gasteiger partial charge in [-0.15, -0.1) is 0 Å². The summed E-state index contributed by atoms with van der Waals surface area (Å²) in [7, 11) is 0. The minimum Gasteiger partial charge on any atom is -0.457 e. The zero-order valence-corrected chi connectivity index (χ0v) is 11.0. The summed E-state index contributed by atoms with van der Waals surface area (Å²) in [6.07, 6.45) is 7.91. The number of cyclic esters (lactones) is 1. The summed E-state index contributed by atoms with van der Waals surface area (Å²) in [6.45, 7) is 6.49. The van der Waals surface area contributed by atoms with Crippen LogP contribution in [0.25, 0.3) is 6.08 Å². The van der Waals surface area contributed by atoms with Crippen molar-refractivity contribution in [3.05, 3.63) is 41.0 Å². The number of carbonyl (C=O) groups excluding carboxylic acids is 1. The number of aryl methyl sites for hydroxylation is 1. The van der Waals surface area contributed by atoms with E-state index in [-0.39, 0.29) is 5.97 Å². The molecule has 0 aromatic heterocycles. The van der Waals surface area contributed by atoms with Crippen LogP contribution in [0.1, 0.15) is 59.7 Å². The minimum absolute atomic E-state index is 0.203. The molecule has 0 saturated heterocycles. The van der Waals surface area contributed by atoms with Crippen LogP contribution in [0.5, 0.6) is 0 Å². The van der Waals surface area contributed by atoms with Crippen molar-refractivity contribution in [3.63, 3.8) is 0 Å². The zero-order chi connectivity index (χ0) is 13.0. The first kappa shape index (κ1) is 12.9. The van der Waals surface area contributed by atoms with E-state index in [1.54, 1.807) is 0 Å². The van der Waals surface area contributed by atoms with E-state index in [1.807, 2.05) is 18.2 Å². The maximum atomic E-state index is 11.5. The highest BCUT2D eigenvalue weighted by Gasteiger charge is 2.24. The molecule has 1 aromatic carbocycles. The molecule has 0 unspecified atom stereocenters. The van der Waals surface area contributed by atoms with Crippen LogP contribution >= 0.6 is 0 Å². The molecule has 0 N–H and O–H groups in total. The van der Waals surface area contributed by atoms with Gasteiger partial charge in [-0.3, -0.25) is 0 Å². The quantitative estimate of drug-likeness (QED) is 0.555. The van der Waals surface area contributed by atoms with Gasteiger partial charge >= 0.3 is 5.97 Å². The van der Waals surface area contributed by atoms with Crippen molar-refractivity contribution in [3.8, 4) is 0 Å². The van der Waals surface area contributed by atoms with Gasteiger partial charge in [-0.05, 0) is 30.0 Å². The molecule has 0 amide bonds. The molecule has 0 bridgehead atoms. The van der Waals surface area contributed by atoms with Crippen LogP contribution in [-0.4, -0.2) is 5.97 Å². The molecule has 0 radical (unpaired) electrons. The molecular formula is C16H20O2. The molecule has 1 aliphatic heterocycles. The average molecular weight is 244 g/mol. The van der Waals surface area contributed by atoms with Crippen molar-refractivity contribution in [2.45, 2.75) is 45.6 Å². The molecule has 1 aliphatic rings. The summed E-state index contributed by atoms with van der Waals surface area (Å²) in [4.78, 5) is 11.5. The van der Waals surface area contributed by atoms with E-state index in [1.165, 1.54) is 31.2 Å². The Hall–Kier alpha value is -1.57. The van der Waals surface area contributed by atoms with Crippen LogP contribution in [0.4, 0.5) is 0 Å². The normalized spacial score (nSPS) is 13.3. The first-order valence-electron chi connectivity index (χ1n) is 6.72. The van der Waals surface area contributed by atoms with Crippen LogP contribution in [0, 0.1) is 0 Å². The van der Waals surface area contributed by atoms with E-state index in [4.69, 9.17) is 4.74 Å². The van der Waals surface area contributed by atoms with Gasteiger partial charge in [0.05, 0.1) is 5.56 Å². The number of fused-ring (bicyclic) bond motifs is 1. The summed E-state index contributed by atoms with van der Waals surface area (Å²) >= 11 is 0. The maximum Gasteiger partial charge on any atom is 0.338 e. The van der Waals surface area contributed by atoms with Gasteiger partial charge in [0.15, 0.2) is 0 Å². The van der Waals surface area contributed by atoms with Gasteiger partial charge in [-0.1, -0.05) is 44.9 Å². The van der Waals surface area contributed by atoms with Gasteiger partial charge in [0, 0.05) is 5.56 Å². The van der Waals surface area contributed by atoms with E-state index < -0.39 is 0 Å². The fraction of sp³-hybridized carbons (Fsp3) is 0.438. The predicted octanol–water partition coefficient (Wildman–Crippen LogP) is 4.12. The van der Waals surface area contributed by atoms with E-state index in [0.717, 1.165) is 17.5 Å². The largest absolute Gasteiger partial charge is 0.457 e. The lowest BCUT2D eigenvalue weighted by molar-refractivity contribution is 0.0535. The molecule has 0 saturated carbocycles. The molecule has 1 heterocycles. The lowest BCUT2D eigenvalue weighted by Crippen LogP contribution is -1.98. The molecule has 2 heteroatoms. The minimum atomic E-state index is -0.203. The molecule has 0 spiro atoms. The molecule has 96 valence electrons. The average Bonchev–Trinajstić information content (AvgIpc) is 2.76. The van der Waals surface area contributed by atoms with Crippen molar-refractivity contribution in [1.29, 1.82) is 0 Å². The third-order valence-electron chi connectivity index (χ3n) is 3.52. The highest BCUT2D eigenvalue weighted by atomic mass is 16.5. The summed E-state index contributed by atoms with van der Waals surface area (Å²) in [5.74, 6) is -0.203. The Morgan fingerprint density at radius 3 is 2.89 bits per heavy atom. The Kier molecular flexibility index (Phi) is 4.19. The highest BCUT2D eigenvalue weighted by Crippen LogP contribution is 2.28. The Morgan fingerprint density at radius 1 is 1.33 bits per heavy atom. The first-order valence-corrected chi connectivity index (χ1v) is 6.72. The fourth-order valence-corrected chi connectivity index (χ4v) is 2.49. The number of ether oxygens (including phenoxy) is 1. The number of unbranched alkanes of at least 4 members (excludes halogenated alkanes) is 3. The summed E-state index contributed by atoms with van der Waals surface area (Å²) in [5.41, 5.74) is 4.12. The van der Waals surface area contributed by atoms with Gasteiger partial charge in [-0.25, -0.2) is 4.79 Å². The second-order valence-electron chi connectivity index (χ2n) is 4.76. The van der Waals surface area contributed by atoms with Crippen LogP contribution < -0.4 is 0 Å². The van der Waals surface area contributed by atoms with Gasteiger partial charge in [0.1, 0.15) is 6.61 Å². The molecule has 0 aliphatic carbocycles. The molecule has 18 heavy (non-hydrogen) atoms. The number of rotatable bonds is 6. The van der Waals surface area contributed by atoms with Gasteiger partial charge in [0.25, 0.3) is 0 Å². The number of esters is 1. The van der Waals surface area contributed by atoms with E-state index in [9.17, 15) is 4.79 Å². The zero-order valence-electron chi connectivity index (χ0n) is 11.0. The summed E-state index contributed by atoms with van der Waals surface area (Å²) in [6, 6.07) is 3.95. The summed E-state index contributed by atoms with van der Waals surface area (Å²) in [5, 5.41) is 0. The van der Waals surface area contributed by atoms with Crippen molar-refractivity contribution in [2.75, 3.05) is 0 Å². The number of benzene rings is 1. The highest BCUT2D eigenvalue weighted by molar-refractivity contribution is 5.94. The van der Waals surface area contributed by atoms with Gasteiger partial charge in [0.2, 0.25) is 0 Å². The Balaban J connectivity index is 2.16.